The van der Waals surface area contributed by atoms with Gasteiger partial charge >= 0.3 is 5.97 Å². The number of H-pyrrole nitrogens is 1. The lowest BCUT2D eigenvalue weighted by atomic mass is 10.0. The van der Waals surface area contributed by atoms with Gasteiger partial charge in [0.2, 0.25) is 0 Å². The fourth-order valence-corrected chi connectivity index (χ4v) is 2.31. The van der Waals surface area contributed by atoms with E-state index >= 15 is 0 Å². The molecule has 1 aromatic heterocycles. The average Bonchev–Trinajstić information content (AvgIpc) is 2.61. The fourth-order valence-electron chi connectivity index (χ4n) is 2.31. The van der Waals surface area contributed by atoms with Crippen molar-refractivity contribution in [2.75, 3.05) is 0 Å². The first-order valence-corrected chi connectivity index (χ1v) is 5.09. The van der Waals surface area contributed by atoms with Crippen molar-refractivity contribution in [1.82, 2.24) is 4.98 Å². The molecule has 0 saturated heterocycles. The fraction of sp³-hybridized carbons (Fsp3) is 0.545. The van der Waals surface area contributed by atoms with Crippen molar-refractivity contribution in [1.29, 1.82) is 0 Å². The van der Waals surface area contributed by atoms with E-state index in [1.807, 2.05) is 6.92 Å². The van der Waals surface area contributed by atoms with E-state index in [9.17, 15) is 4.79 Å². The molecule has 0 amide bonds. The summed E-state index contributed by atoms with van der Waals surface area (Å²) in [6.07, 6.45) is 4.37. The number of aromatic amines is 1. The second-order valence-electron chi connectivity index (χ2n) is 3.93. The Labute approximate surface area is 83.1 Å². The molecule has 76 valence electrons. The summed E-state index contributed by atoms with van der Waals surface area (Å²) in [7, 11) is 0. The summed E-state index contributed by atoms with van der Waals surface area (Å²) in [6.45, 7) is 2.04. The predicted molar refractivity (Wildman–Crippen MR) is 53.5 cm³/mol. The Morgan fingerprint density at radius 2 is 2.29 bits per heavy atom. The van der Waals surface area contributed by atoms with E-state index in [4.69, 9.17) is 5.11 Å². The first-order valence-electron chi connectivity index (χ1n) is 5.09. The number of hydrogen-bond donors (Lipinski definition) is 2. The molecule has 0 spiro atoms. The van der Waals surface area contributed by atoms with Crippen LogP contribution in [0.1, 0.15) is 35.4 Å². The summed E-state index contributed by atoms with van der Waals surface area (Å²) >= 11 is 0. The van der Waals surface area contributed by atoms with Crippen LogP contribution in [0.3, 0.4) is 0 Å². The quantitative estimate of drug-likeness (QED) is 0.769. The molecule has 0 unspecified atom stereocenters. The largest absolute Gasteiger partial charge is 0.481 e. The van der Waals surface area contributed by atoms with Crippen LogP contribution in [-0.2, 0) is 24.1 Å². The van der Waals surface area contributed by atoms with Crippen LogP contribution in [0.4, 0.5) is 0 Å². The van der Waals surface area contributed by atoms with Gasteiger partial charge in [0.15, 0.2) is 0 Å². The third kappa shape index (κ3) is 1.54. The number of aliphatic carboxylic acids is 1. The maximum absolute atomic E-state index is 10.5. The Bertz CT molecular complexity index is 366. The first-order chi connectivity index (χ1) is 6.68. The Balaban J connectivity index is 2.20. The molecule has 0 aromatic carbocycles. The van der Waals surface area contributed by atoms with Crippen LogP contribution in [0.25, 0.3) is 0 Å². The number of rotatable bonds is 3. The van der Waals surface area contributed by atoms with E-state index < -0.39 is 5.97 Å². The Kier molecular flexibility index (Phi) is 2.32. The van der Waals surface area contributed by atoms with Crippen LogP contribution in [0.2, 0.25) is 0 Å². The molecular weight excluding hydrogens is 178 g/mol. The maximum atomic E-state index is 10.5. The van der Waals surface area contributed by atoms with Crippen molar-refractivity contribution < 1.29 is 9.90 Å². The lowest BCUT2D eigenvalue weighted by Gasteiger charge is -2.00. The lowest BCUT2D eigenvalue weighted by molar-refractivity contribution is -0.136. The molecule has 14 heavy (non-hydrogen) atoms. The van der Waals surface area contributed by atoms with Gasteiger partial charge in [0, 0.05) is 17.8 Å². The molecule has 0 saturated carbocycles. The molecule has 1 aliphatic carbocycles. The highest BCUT2D eigenvalue weighted by atomic mass is 16.4. The highest BCUT2D eigenvalue weighted by molar-refractivity contribution is 5.67. The number of aryl methyl sites for hydroxylation is 2. The van der Waals surface area contributed by atoms with E-state index in [0.29, 0.717) is 6.42 Å². The number of fused-ring (bicyclic) bond motifs is 1. The van der Waals surface area contributed by atoms with Gasteiger partial charge in [0.1, 0.15) is 0 Å². The molecule has 3 heteroatoms. The topological polar surface area (TPSA) is 53.1 Å². The SMILES string of the molecule is Cc1[nH]c2c(c1CCC(=O)O)CCC2. The molecule has 2 N–H and O–H groups in total. The molecule has 0 radical (unpaired) electrons. The second-order valence-corrected chi connectivity index (χ2v) is 3.93. The van der Waals surface area contributed by atoms with Gasteiger partial charge < -0.3 is 10.1 Å². The zero-order chi connectivity index (χ0) is 10.1. The molecule has 0 aliphatic heterocycles. The van der Waals surface area contributed by atoms with Gasteiger partial charge in [-0.25, -0.2) is 0 Å². The summed E-state index contributed by atoms with van der Waals surface area (Å²) < 4.78 is 0. The second kappa shape index (κ2) is 3.48. The monoisotopic (exact) mass is 193 g/mol. The number of carbonyl (C=O) groups is 1. The Morgan fingerprint density at radius 1 is 1.50 bits per heavy atom. The van der Waals surface area contributed by atoms with E-state index in [2.05, 4.69) is 4.98 Å². The van der Waals surface area contributed by atoms with Crippen molar-refractivity contribution >= 4 is 5.97 Å². The molecule has 1 aromatic rings. The predicted octanol–water partition coefficient (Wildman–Crippen LogP) is 1.83. The van der Waals surface area contributed by atoms with Crippen LogP contribution in [0, 0.1) is 6.92 Å². The van der Waals surface area contributed by atoms with Gasteiger partial charge in [0.25, 0.3) is 0 Å². The van der Waals surface area contributed by atoms with Gasteiger partial charge in [-0.15, -0.1) is 0 Å². The van der Waals surface area contributed by atoms with Crippen molar-refractivity contribution in [2.24, 2.45) is 0 Å². The summed E-state index contributed by atoms with van der Waals surface area (Å²) in [5, 5.41) is 8.64. The molecule has 1 aliphatic rings. The van der Waals surface area contributed by atoms with E-state index in [1.54, 1.807) is 0 Å². The molecule has 2 rings (SSSR count). The van der Waals surface area contributed by atoms with Gasteiger partial charge in [-0.2, -0.15) is 0 Å². The molecule has 0 fully saturated rings. The minimum atomic E-state index is -0.711. The summed E-state index contributed by atoms with van der Waals surface area (Å²) in [6, 6.07) is 0. The van der Waals surface area contributed by atoms with Crippen LogP contribution >= 0.6 is 0 Å². The minimum absolute atomic E-state index is 0.241. The van der Waals surface area contributed by atoms with Crippen LogP contribution in [0.5, 0.6) is 0 Å². The molecular formula is C11H15NO2. The minimum Gasteiger partial charge on any atom is -0.481 e. The van der Waals surface area contributed by atoms with E-state index in [0.717, 1.165) is 18.5 Å². The van der Waals surface area contributed by atoms with Crippen LogP contribution in [-0.4, -0.2) is 16.1 Å². The highest BCUT2D eigenvalue weighted by Gasteiger charge is 2.19. The Morgan fingerprint density at radius 3 is 3.00 bits per heavy atom. The highest BCUT2D eigenvalue weighted by Crippen LogP contribution is 2.28. The van der Waals surface area contributed by atoms with E-state index in [1.165, 1.54) is 23.2 Å². The smallest absolute Gasteiger partial charge is 0.303 e. The summed E-state index contributed by atoms with van der Waals surface area (Å²) in [5.74, 6) is -0.711. The van der Waals surface area contributed by atoms with Gasteiger partial charge in [-0.3, -0.25) is 4.79 Å². The Hall–Kier alpha value is -1.25. The third-order valence-electron chi connectivity index (χ3n) is 2.96. The maximum Gasteiger partial charge on any atom is 0.303 e. The van der Waals surface area contributed by atoms with Crippen molar-refractivity contribution in [3.05, 3.63) is 22.5 Å². The molecule has 0 atom stereocenters. The molecule has 3 nitrogen and oxygen atoms in total. The summed E-state index contributed by atoms with van der Waals surface area (Å²) in [4.78, 5) is 13.9. The van der Waals surface area contributed by atoms with Crippen LogP contribution in [0.15, 0.2) is 0 Å². The van der Waals surface area contributed by atoms with Crippen molar-refractivity contribution in [3.8, 4) is 0 Å². The van der Waals surface area contributed by atoms with Crippen molar-refractivity contribution in [2.45, 2.75) is 39.0 Å². The number of hydrogen-bond acceptors (Lipinski definition) is 1. The zero-order valence-electron chi connectivity index (χ0n) is 8.39. The first kappa shape index (κ1) is 9.31. The summed E-state index contributed by atoms with van der Waals surface area (Å²) in [5.41, 5.74) is 5.14. The third-order valence-corrected chi connectivity index (χ3v) is 2.96. The number of nitrogens with one attached hydrogen (secondary N) is 1. The molecule has 1 heterocycles. The van der Waals surface area contributed by atoms with Gasteiger partial charge in [-0.1, -0.05) is 0 Å². The standard InChI is InChI=1S/C11H15NO2/c1-7-8(5-6-11(13)14)9-3-2-4-10(9)12-7/h12H,2-6H2,1H3,(H,13,14). The van der Waals surface area contributed by atoms with Gasteiger partial charge in [0.05, 0.1) is 0 Å². The average molecular weight is 193 g/mol. The lowest BCUT2D eigenvalue weighted by Crippen LogP contribution is -1.99. The van der Waals surface area contributed by atoms with Crippen molar-refractivity contribution in [3.63, 3.8) is 0 Å². The molecule has 0 bridgehead atoms. The number of carboxylic acid groups (broad SMARTS) is 1. The van der Waals surface area contributed by atoms with E-state index in [-0.39, 0.29) is 6.42 Å². The number of carboxylic acids is 1. The number of aromatic nitrogens is 1. The van der Waals surface area contributed by atoms with Crippen LogP contribution < -0.4 is 0 Å². The van der Waals surface area contributed by atoms with Gasteiger partial charge in [-0.05, 0) is 43.7 Å². The normalized spacial score (nSPS) is 14.4. The zero-order valence-corrected chi connectivity index (χ0v) is 8.39.